The third kappa shape index (κ3) is 7.47. The van der Waals surface area contributed by atoms with Crippen molar-refractivity contribution in [3.63, 3.8) is 0 Å². The SMILES string of the molecule is CC(C)N=COC(C)(C)C. The predicted octanol–water partition coefficient (Wildman–Crippen LogP) is 2.24. The quantitative estimate of drug-likeness (QED) is 0.429. The summed E-state index contributed by atoms with van der Waals surface area (Å²) in [6.45, 7) is 10.0. The number of ether oxygens (including phenoxy) is 1. The van der Waals surface area contributed by atoms with Crippen LogP contribution in [0, 0.1) is 0 Å². The van der Waals surface area contributed by atoms with Gasteiger partial charge in [0.15, 0.2) is 6.40 Å². The molecule has 0 amide bonds. The van der Waals surface area contributed by atoms with Crippen molar-refractivity contribution in [2.24, 2.45) is 4.99 Å². The highest BCUT2D eigenvalue weighted by molar-refractivity contribution is 5.47. The van der Waals surface area contributed by atoms with E-state index in [1.807, 2.05) is 34.6 Å². The van der Waals surface area contributed by atoms with Gasteiger partial charge in [-0.2, -0.15) is 0 Å². The van der Waals surface area contributed by atoms with E-state index in [0.29, 0.717) is 6.04 Å². The second kappa shape index (κ2) is 3.59. The first-order valence-electron chi connectivity index (χ1n) is 3.61. The summed E-state index contributed by atoms with van der Waals surface area (Å²) >= 11 is 0. The van der Waals surface area contributed by atoms with Crippen LogP contribution in [0.1, 0.15) is 34.6 Å². The lowest BCUT2D eigenvalue weighted by atomic mass is 10.2. The van der Waals surface area contributed by atoms with Crippen LogP contribution in [0.2, 0.25) is 0 Å². The smallest absolute Gasteiger partial charge is 0.170 e. The molecule has 0 atom stereocenters. The average molecular weight is 143 g/mol. The van der Waals surface area contributed by atoms with E-state index in [-0.39, 0.29) is 5.60 Å². The molecule has 0 unspecified atom stereocenters. The Labute approximate surface area is 63.3 Å². The summed E-state index contributed by atoms with van der Waals surface area (Å²) in [6.07, 6.45) is 1.53. The molecule has 0 N–H and O–H groups in total. The van der Waals surface area contributed by atoms with Crippen molar-refractivity contribution < 1.29 is 4.74 Å². The molecule has 0 aromatic carbocycles. The first kappa shape index (κ1) is 9.47. The van der Waals surface area contributed by atoms with E-state index in [0.717, 1.165) is 0 Å². The normalized spacial score (nSPS) is 13.0. The van der Waals surface area contributed by atoms with Crippen LogP contribution in [0.5, 0.6) is 0 Å². The van der Waals surface area contributed by atoms with Crippen molar-refractivity contribution >= 4 is 6.40 Å². The second-order valence-electron chi connectivity index (χ2n) is 3.58. The molecule has 0 aliphatic carbocycles. The zero-order valence-corrected chi connectivity index (χ0v) is 7.51. The summed E-state index contributed by atoms with van der Waals surface area (Å²) in [5.74, 6) is 0. The van der Waals surface area contributed by atoms with E-state index in [9.17, 15) is 0 Å². The largest absolute Gasteiger partial charge is 0.478 e. The van der Waals surface area contributed by atoms with Gasteiger partial charge in [-0.25, -0.2) is 0 Å². The van der Waals surface area contributed by atoms with Crippen LogP contribution in [0.4, 0.5) is 0 Å². The molecule has 0 aromatic heterocycles. The molecule has 60 valence electrons. The molecule has 0 fully saturated rings. The highest BCUT2D eigenvalue weighted by Crippen LogP contribution is 2.04. The fourth-order valence-electron chi connectivity index (χ4n) is 0.310. The molecule has 0 heterocycles. The van der Waals surface area contributed by atoms with E-state index in [1.165, 1.54) is 6.40 Å². The Kier molecular flexibility index (Phi) is 3.40. The van der Waals surface area contributed by atoms with E-state index in [4.69, 9.17) is 4.74 Å². The molecular formula is C8H17NO. The average Bonchev–Trinajstić information content (AvgIpc) is 1.59. The molecule has 0 aliphatic heterocycles. The van der Waals surface area contributed by atoms with Gasteiger partial charge in [0.2, 0.25) is 0 Å². The number of hydrogen-bond acceptors (Lipinski definition) is 2. The lowest BCUT2D eigenvalue weighted by Crippen LogP contribution is -2.18. The summed E-state index contributed by atoms with van der Waals surface area (Å²) in [6, 6.07) is 0.322. The maximum atomic E-state index is 5.25. The van der Waals surface area contributed by atoms with Gasteiger partial charge in [0.25, 0.3) is 0 Å². The van der Waals surface area contributed by atoms with Gasteiger partial charge in [-0.05, 0) is 34.6 Å². The van der Waals surface area contributed by atoms with Gasteiger partial charge in [-0.3, -0.25) is 4.99 Å². The van der Waals surface area contributed by atoms with Gasteiger partial charge < -0.3 is 4.74 Å². The topological polar surface area (TPSA) is 21.6 Å². The molecule has 0 radical (unpaired) electrons. The Morgan fingerprint density at radius 1 is 1.30 bits per heavy atom. The van der Waals surface area contributed by atoms with E-state index < -0.39 is 0 Å². The fourth-order valence-corrected chi connectivity index (χ4v) is 0.310. The minimum absolute atomic E-state index is 0.113. The zero-order valence-electron chi connectivity index (χ0n) is 7.51. The highest BCUT2D eigenvalue weighted by Gasteiger charge is 2.07. The Hall–Kier alpha value is -0.530. The van der Waals surface area contributed by atoms with Crippen molar-refractivity contribution in [2.75, 3.05) is 0 Å². The Bertz CT molecular complexity index is 111. The number of nitrogens with zero attached hydrogens (tertiary/aromatic N) is 1. The van der Waals surface area contributed by atoms with Gasteiger partial charge in [-0.15, -0.1) is 0 Å². The maximum Gasteiger partial charge on any atom is 0.170 e. The lowest BCUT2D eigenvalue weighted by molar-refractivity contribution is 0.126. The van der Waals surface area contributed by atoms with E-state index in [1.54, 1.807) is 0 Å². The maximum absolute atomic E-state index is 5.25. The highest BCUT2D eigenvalue weighted by atomic mass is 16.5. The fraction of sp³-hybridized carbons (Fsp3) is 0.875. The van der Waals surface area contributed by atoms with Crippen LogP contribution < -0.4 is 0 Å². The second-order valence-corrected chi connectivity index (χ2v) is 3.58. The molecule has 0 aliphatic rings. The van der Waals surface area contributed by atoms with Crippen LogP contribution in [0.25, 0.3) is 0 Å². The lowest BCUT2D eigenvalue weighted by Gasteiger charge is -2.16. The number of rotatable bonds is 2. The summed E-state index contributed by atoms with van der Waals surface area (Å²) in [4.78, 5) is 4.06. The first-order chi connectivity index (χ1) is 4.42. The third-order valence-corrected chi connectivity index (χ3v) is 0.765. The van der Waals surface area contributed by atoms with E-state index >= 15 is 0 Å². The van der Waals surface area contributed by atoms with Crippen LogP contribution in [0.3, 0.4) is 0 Å². The van der Waals surface area contributed by atoms with Crippen LogP contribution in [-0.2, 0) is 4.74 Å². The van der Waals surface area contributed by atoms with Crippen LogP contribution in [-0.4, -0.2) is 18.0 Å². The van der Waals surface area contributed by atoms with Crippen molar-refractivity contribution in [1.29, 1.82) is 0 Å². The monoisotopic (exact) mass is 143 g/mol. The molecule has 2 heteroatoms. The molecule has 0 spiro atoms. The number of hydrogen-bond donors (Lipinski definition) is 0. The summed E-state index contributed by atoms with van der Waals surface area (Å²) in [5.41, 5.74) is -0.113. The van der Waals surface area contributed by atoms with Crippen molar-refractivity contribution in [3.05, 3.63) is 0 Å². The standard InChI is InChI=1S/C8H17NO/c1-7(2)9-6-10-8(3,4)5/h6-7H,1-5H3. The van der Waals surface area contributed by atoms with Crippen LogP contribution >= 0.6 is 0 Å². The van der Waals surface area contributed by atoms with Gasteiger partial charge in [0.1, 0.15) is 5.60 Å². The molecule has 0 rings (SSSR count). The first-order valence-corrected chi connectivity index (χ1v) is 3.61. The predicted molar refractivity (Wildman–Crippen MR) is 44.5 cm³/mol. The minimum Gasteiger partial charge on any atom is -0.478 e. The van der Waals surface area contributed by atoms with E-state index in [2.05, 4.69) is 4.99 Å². The van der Waals surface area contributed by atoms with Gasteiger partial charge >= 0.3 is 0 Å². The molecule has 0 saturated heterocycles. The summed E-state index contributed by atoms with van der Waals surface area (Å²) in [5, 5.41) is 0. The molecule has 0 saturated carbocycles. The summed E-state index contributed by atoms with van der Waals surface area (Å²) in [7, 11) is 0. The molecule has 2 nitrogen and oxygen atoms in total. The van der Waals surface area contributed by atoms with Gasteiger partial charge in [0, 0.05) is 6.04 Å². The Balaban J connectivity index is 3.54. The number of aliphatic imine (C=N–C) groups is 1. The Morgan fingerprint density at radius 3 is 2.10 bits per heavy atom. The molecule has 0 bridgehead atoms. The zero-order chi connectivity index (χ0) is 8.20. The Morgan fingerprint density at radius 2 is 1.80 bits per heavy atom. The minimum atomic E-state index is -0.113. The molecule has 10 heavy (non-hydrogen) atoms. The van der Waals surface area contributed by atoms with Crippen molar-refractivity contribution in [2.45, 2.75) is 46.3 Å². The van der Waals surface area contributed by atoms with Gasteiger partial charge in [-0.1, -0.05) is 0 Å². The summed E-state index contributed by atoms with van der Waals surface area (Å²) < 4.78 is 5.25. The van der Waals surface area contributed by atoms with Crippen molar-refractivity contribution in [3.8, 4) is 0 Å². The molecule has 0 aromatic rings. The van der Waals surface area contributed by atoms with Crippen molar-refractivity contribution in [1.82, 2.24) is 0 Å². The third-order valence-electron chi connectivity index (χ3n) is 0.765. The molecular weight excluding hydrogens is 126 g/mol. The van der Waals surface area contributed by atoms with Gasteiger partial charge in [0.05, 0.1) is 0 Å². The van der Waals surface area contributed by atoms with Crippen LogP contribution in [0.15, 0.2) is 4.99 Å².